The third-order valence-electron chi connectivity index (χ3n) is 1.51. The lowest BCUT2D eigenvalue weighted by atomic mass is 10.2. The van der Waals surface area contributed by atoms with Crippen LogP contribution in [0.25, 0.3) is 10.9 Å². The van der Waals surface area contributed by atoms with Gasteiger partial charge in [-0.25, -0.2) is 0 Å². The first-order valence-corrected chi connectivity index (χ1v) is 3.26. The Morgan fingerprint density at radius 1 is 0.833 bits per heavy atom. The molecule has 1 nitrogen and oxygen atoms in total. The van der Waals surface area contributed by atoms with Crippen molar-refractivity contribution in [1.29, 1.82) is 0 Å². The highest BCUT2D eigenvalue weighted by Gasteiger charge is 1.86. The smallest absolute Gasteiger partial charge is 0.0701 e. The molecule has 0 radical (unpaired) electrons. The third-order valence-corrected chi connectivity index (χ3v) is 1.51. The quantitative estimate of drug-likeness (QED) is 0.590. The lowest BCUT2D eigenvalue weighted by molar-refractivity contribution is 1.11. The number of pyridine rings is 1. The van der Waals surface area contributed by atoms with E-state index in [1.165, 1.54) is 5.39 Å². The molecule has 2 aromatic rings. The Morgan fingerprint density at radius 2 is 1.50 bits per heavy atom. The predicted octanol–water partition coefficient (Wildman–Crippen LogP) is 2.54. The van der Waals surface area contributed by atoms with Crippen LogP contribution in [0.5, 0.6) is 0 Å². The highest BCUT2D eigenvalue weighted by Crippen LogP contribution is 2.07. The average molecular weight is 169 g/mol. The molecule has 1 aromatic heterocycles. The summed E-state index contributed by atoms with van der Waals surface area (Å²) in [7, 11) is 0. The molecule has 1 heterocycles. The molecule has 0 amide bonds. The summed E-state index contributed by atoms with van der Waals surface area (Å²) in [6, 6.07) is 12.1. The highest BCUT2D eigenvalue weighted by atomic mass is 19.0. The van der Waals surface area contributed by atoms with Crippen LogP contribution in [-0.4, -0.2) is 4.98 Å². The first-order chi connectivity index (χ1) is 4.97. The minimum absolute atomic E-state index is 0. The second-order valence-electron chi connectivity index (χ2n) is 2.20. The van der Waals surface area contributed by atoms with Crippen LogP contribution in [0.1, 0.15) is 0 Å². The van der Waals surface area contributed by atoms with Gasteiger partial charge in [-0.05, 0) is 12.1 Å². The third kappa shape index (κ3) is 1.75. The molecular formula is C9H9F2N. The summed E-state index contributed by atoms with van der Waals surface area (Å²) in [6.45, 7) is 0. The maximum atomic E-state index is 4.18. The zero-order valence-electron chi connectivity index (χ0n) is 6.31. The van der Waals surface area contributed by atoms with Crippen molar-refractivity contribution in [1.82, 2.24) is 4.98 Å². The largest absolute Gasteiger partial charge is 0.269 e. The molecule has 0 N–H and O–H groups in total. The minimum atomic E-state index is 0. The van der Waals surface area contributed by atoms with Gasteiger partial charge in [0.2, 0.25) is 0 Å². The van der Waals surface area contributed by atoms with Gasteiger partial charge < -0.3 is 0 Å². The molecule has 64 valence electrons. The molecule has 0 fully saturated rings. The minimum Gasteiger partial charge on any atom is -0.269 e. The van der Waals surface area contributed by atoms with Crippen molar-refractivity contribution in [2.75, 3.05) is 0 Å². The van der Waals surface area contributed by atoms with Gasteiger partial charge in [-0.2, -0.15) is 0 Å². The molecule has 2 rings (SSSR count). The highest BCUT2D eigenvalue weighted by molar-refractivity contribution is 5.77. The van der Waals surface area contributed by atoms with Gasteiger partial charge in [-0.15, -0.1) is 0 Å². The molecular weight excluding hydrogens is 160 g/mol. The number of halogens is 2. The standard InChI is InChI=1S/C9H7N.2FH/c1-2-6-9-8(4-1)5-3-7-10-9;;/h1-7H;2*1H. The van der Waals surface area contributed by atoms with E-state index in [0.29, 0.717) is 0 Å². The van der Waals surface area contributed by atoms with Crippen LogP contribution in [-0.2, 0) is 0 Å². The lowest BCUT2D eigenvalue weighted by Crippen LogP contribution is -1.73. The van der Waals surface area contributed by atoms with Crippen molar-refractivity contribution >= 4 is 10.9 Å². The van der Waals surface area contributed by atoms with Gasteiger partial charge in [0.05, 0.1) is 5.52 Å². The van der Waals surface area contributed by atoms with Crippen molar-refractivity contribution in [3.05, 3.63) is 42.6 Å². The fourth-order valence-electron chi connectivity index (χ4n) is 1.02. The molecule has 0 saturated heterocycles. The van der Waals surface area contributed by atoms with E-state index >= 15 is 0 Å². The van der Waals surface area contributed by atoms with Crippen LogP contribution in [0, 0.1) is 0 Å². The van der Waals surface area contributed by atoms with E-state index in [1.807, 2.05) is 30.5 Å². The van der Waals surface area contributed by atoms with Gasteiger partial charge in [0, 0.05) is 11.6 Å². The lowest BCUT2D eigenvalue weighted by Gasteiger charge is -1.91. The van der Waals surface area contributed by atoms with Crippen LogP contribution in [0.15, 0.2) is 42.6 Å². The summed E-state index contributed by atoms with van der Waals surface area (Å²) >= 11 is 0. The van der Waals surface area contributed by atoms with Crippen LogP contribution in [0.2, 0.25) is 0 Å². The van der Waals surface area contributed by atoms with Gasteiger partial charge >= 0.3 is 0 Å². The number of hydrogen-bond donors (Lipinski definition) is 0. The SMILES string of the molecule is F.F.c1ccc2ncccc2c1. The summed E-state index contributed by atoms with van der Waals surface area (Å²) in [6.07, 6.45) is 1.81. The van der Waals surface area contributed by atoms with Gasteiger partial charge in [-0.3, -0.25) is 14.4 Å². The summed E-state index contributed by atoms with van der Waals surface area (Å²) in [4.78, 5) is 4.18. The Kier molecular flexibility index (Phi) is 3.83. The molecule has 0 atom stereocenters. The van der Waals surface area contributed by atoms with Gasteiger partial charge in [-0.1, -0.05) is 24.3 Å². The molecule has 0 aliphatic carbocycles. The molecule has 12 heavy (non-hydrogen) atoms. The van der Waals surface area contributed by atoms with E-state index in [1.54, 1.807) is 0 Å². The summed E-state index contributed by atoms with van der Waals surface area (Å²) in [5.41, 5.74) is 1.06. The number of hydrogen-bond acceptors (Lipinski definition) is 1. The molecule has 3 heteroatoms. The monoisotopic (exact) mass is 169 g/mol. The zero-order valence-corrected chi connectivity index (χ0v) is 6.31. The first-order valence-electron chi connectivity index (χ1n) is 3.26. The number of para-hydroxylation sites is 1. The van der Waals surface area contributed by atoms with E-state index in [2.05, 4.69) is 17.1 Å². The van der Waals surface area contributed by atoms with Crippen LogP contribution in [0.4, 0.5) is 9.41 Å². The summed E-state index contributed by atoms with van der Waals surface area (Å²) in [5.74, 6) is 0. The Morgan fingerprint density at radius 3 is 2.25 bits per heavy atom. The number of fused-ring (bicyclic) bond motifs is 1. The average Bonchev–Trinajstić information content (AvgIpc) is 2.05. The predicted molar refractivity (Wildman–Crippen MR) is 46.7 cm³/mol. The number of benzene rings is 1. The van der Waals surface area contributed by atoms with E-state index < -0.39 is 0 Å². The molecule has 0 bridgehead atoms. The zero-order chi connectivity index (χ0) is 6.81. The van der Waals surface area contributed by atoms with Crippen LogP contribution < -0.4 is 0 Å². The Bertz CT molecular complexity index is 284. The second-order valence-corrected chi connectivity index (χ2v) is 2.20. The molecule has 1 aromatic carbocycles. The first kappa shape index (κ1) is 10.5. The van der Waals surface area contributed by atoms with Crippen molar-refractivity contribution in [2.45, 2.75) is 0 Å². The molecule has 0 aliphatic rings. The van der Waals surface area contributed by atoms with Crippen LogP contribution >= 0.6 is 0 Å². The Hall–Kier alpha value is -1.51. The second kappa shape index (κ2) is 4.38. The molecule has 0 saturated carbocycles. The van der Waals surface area contributed by atoms with E-state index in [9.17, 15) is 0 Å². The fraction of sp³-hybridized carbons (Fsp3) is 0. The van der Waals surface area contributed by atoms with Crippen molar-refractivity contribution < 1.29 is 9.41 Å². The van der Waals surface area contributed by atoms with E-state index in [-0.39, 0.29) is 9.41 Å². The molecule has 0 unspecified atom stereocenters. The maximum absolute atomic E-state index is 4.18. The van der Waals surface area contributed by atoms with E-state index in [4.69, 9.17) is 0 Å². The summed E-state index contributed by atoms with van der Waals surface area (Å²) < 4.78 is 0. The number of aromatic nitrogens is 1. The van der Waals surface area contributed by atoms with Crippen LogP contribution in [0.3, 0.4) is 0 Å². The van der Waals surface area contributed by atoms with Gasteiger partial charge in [0.15, 0.2) is 0 Å². The molecule has 0 aliphatic heterocycles. The Labute approximate surface area is 68.8 Å². The topological polar surface area (TPSA) is 12.9 Å². The number of rotatable bonds is 0. The van der Waals surface area contributed by atoms with E-state index in [0.717, 1.165) is 5.52 Å². The maximum Gasteiger partial charge on any atom is 0.0701 e. The number of nitrogens with zero attached hydrogens (tertiary/aromatic N) is 1. The van der Waals surface area contributed by atoms with Crippen molar-refractivity contribution in [3.8, 4) is 0 Å². The van der Waals surface area contributed by atoms with Gasteiger partial charge in [0.25, 0.3) is 0 Å². The fourth-order valence-corrected chi connectivity index (χ4v) is 1.02. The summed E-state index contributed by atoms with van der Waals surface area (Å²) in [5, 5.41) is 1.20. The van der Waals surface area contributed by atoms with Crippen molar-refractivity contribution in [2.24, 2.45) is 0 Å². The van der Waals surface area contributed by atoms with Gasteiger partial charge in [0.1, 0.15) is 0 Å². The molecule has 0 spiro atoms. The normalized spacial score (nSPS) is 8.33. The Balaban J connectivity index is 0.000000605. The van der Waals surface area contributed by atoms with Crippen molar-refractivity contribution in [3.63, 3.8) is 0 Å².